The zero-order chi connectivity index (χ0) is 23.4. The van der Waals surface area contributed by atoms with Crippen LogP contribution in [0, 0.1) is 5.92 Å². The van der Waals surface area contributed by atoms with Gasteiger partial charge in [0.05, 0.1) is 25.8 Å². The van der Waals surface area contributed by atoms with E-state index in [1.165, 1.54) is 0 Å². The average molecular weight is 456 g/mol. The second kappa shape index (κ2) is 10.4. The molecule has 2 saturated heterocycles. The number of hydrazine groups is 1. The summed E-state index contributed by atoms with van der Waals surface area (Å²) in [5.41, 5.74) is 8.20. The Morgan fingerprint density at radius 2 is 1.82 bits per heavy atom. The number of fused-ring (bicyclic) bond motifs is 1. The number of ether oxygens (including phenoxy) is 3. The van der Waals surface area contributed by atoms with E-state index < -0.39 is 6.04 Å². The van der Waals surface area contributed by atoms with Gasteiger partial charge >= 0.3 is 0 Å². The molecule has 33 heavy (non-hydrogen) atoms. The number of carbonyl (C=O) groups excluding carboxylic acids is 1. The predicted molar refractivity (Wildman–Crippen MR) is 124 cm³/mol. The summed E-state index contributed by atoms with van der Waals surface area (Å²) in [5.74, 6) is 1.44. The largest absolute Gasteiger partial charge is 0.508 e. The van der Waals surface area contributed by atoms with Crippen molar-refractivity contribution in [1.82, 2.24) is 15.8 Å². The highest BCUT2D eigenvalue weighted by atomic mass is 16.5. The number of phenols is 1. The fourth-order valence-electron chi connectivity index (χ4n) is 4.99. The van der Waals surface area contributed by atoms with Crippen molar-refractivity contribution in [3.63, 3.8) is 0 Å². The number of hydrogen-bond donors (Lipinski definition) is 3. The molecule has 0 bridgehead atoms. The van der Waals surface area contributed by atoms with Crippen molar-refractivity contribution in [3.05, 3.63) is 53.6 Å². The van der Waals surface area contributed by atoms with Crippen molar-refractivity contribution in [2.45, 2.75) is 38.4 Å². The maximum absolute atomic E-state index is 13.5. The molecule has 0 radical (unpaired) electrons. The van der Waals surface area contributed by atoms with Crippen LogP contribution in [0.15, 0.2) is 42.5 Å². The Labute approximate surface area is 194 Å². The number of likely N-dealkylation sites (tertiary alicyclic amines) is 1. The molecule has 2 aliphatic rings. The molecule has 8 heteroatoms. The van der Waals surface area contributed by atoms with Crippen LogP contribution >= 0.6 is 0 Å². The number of benzene rings is 2. The highest BCUT2D eigenvalue weighted by molar-refractivity contribution is 5.86. The minimum atomic E-state index is -0.399. The minimum absolute atomic E-state index is 0.0415. The summed E-state index contributed by atoms with van der Waals surface area (Å²) in [7, 11) is 1.62. The number of rotatable bonds is 10. The molecule has 4 rings (SSSR count). The van der Waals surface area contributed by atoms with Crippen molar-refractivity contribution in [1.29, 1.82) is 0 Å². The van der Waals surface area contributed by atoms with Crippen LogP contribution in [0.4, 0.5) is 0 Å². The Morgan fingerprint density at radius 1 is 1.03 bits per heavy atom. The van der Waals surface area contributed by atoms with E-state index in [2.05, 4.69) is 10.9 Å². The minimum Gasteiger partial charge on any atom is -0.508 e. The number of aromatic hydroxyl groups is 1. The molecular formula is C25H33N3O5. The maximum atomic E-state index is 13.5. The van der Waals surface area contributed by atoms with E-state index in [9.17, 15) is 9.90 Å². The molecule has 178 valence electrons. The van der Waals surface area contributed by atoms with Crippen LogP contribution in [0.1, 0.15) is 43.5 Å². The predicted octanol–water partition coefficient (Wildman–Crippen LogP) is 2.94. The normalized spacial score (nSPS) is 24.2. The molecule has 3 N–H and O–H groups in total. The molecule has 2 aromatic carbocycles. The summed E-state index contributed by atoms with van der Waals surface area (Å²) >= 11 is 0. The molecule has 4 atom stereocenters. The first kappa shape index (κ1) is 23.4. The summed E-state index contributed by atoms with van der Waals surface area (Å²) in [5, 5.41) is 10.5. The maximum Gasteiger partial charge on any atom is 0.242 e. The molecule has 2 aromatic rings. The third-order valence-corrected chi connectivity index (χ3v) is 6.41. The van der Waals surface area contributed by atoms with Crippen LogP contribution in [-0.4, -0.2) is 55.4 Å². The van der Waals surface area contributed by atoms with Crippen molar-refractivity contribution in [3.8, 4) is 17.2 Å². The van der Waals surface area contributed by atoms with Gasteiger partial charge in [0.15, 0.2) is 11.5 Å². The summed E-state index contributed by atoms with van der Waals surface area (Å²) in [4.78, 5) is 15.4. The van der Waals surface area contributed by atoms with E-state index in [1.807, 2.05) is 49.1 Å². The number of methoxy groups -OCH3 is 1. The van der Waals surface area contributed by atoms with E-state index in [-0.39, 0.29) is 29.7 Å². The van der Waals surface area contributed by atoms with Gasteiger partial charge < -0.3 is 24.2 Å². The van der Waals surface area contributed by atoms with Gasteiger partial charge in [0, 0.05) is 31.2 Å². The fourth-order valence-corrected chi connectivity index (χ4v) is 4.99. The van der Waals surface area contributed by atoms with Gasteiger partial charge in [0.2, 0.25) is 5.91 Å². The first-order valence-corrected chi connectivity index (χ1v) is 11.6. The molecule has 2 aliphatic heterocycles. The Kier molecular flexibility index (Phi) is 7.37. The summed E-state index contributed by atoms with van der Waals surface area (Å²) in [6, 6.07) is 12.3. The summed E-state index contributed by atoms with van der Waals surface area (Å²) in [6.07, 6.45) is 0.748. The highest BCUT2D eigenvalue weighted by Crippen LogP contribution is 2.49. The molecule has 4 unspecified atom stereocenters. The van der Waals surface area contributed by atoms with E-state index in [1.54, 1.807) is 19.2 Å². The molecule has 2 heterocycles. The lowest BCUT2D eigenvalue weighted by atomic mass is 9.83. The molecule has 0 saturated carbocycles. The van der Waals surface area contributed by atoms with Gasteiger partial charge in [-0.15, -0.1) is 0 Å². The molecule has 2 fully saturated rings. The van der Waals surface area contributed by atoms with E-state index in [4.69, 9.17) is 14.2 Å². The molecule has 0 aliphatic carbocycles. The first-order chi connectivity index (χ1) is 16.1. The van der Waals surface area contributed by atoms with E-state index in [0.29, 0.717) is 37.9 Å². The number of para-hydroxylation sites is 1. The second-order valence-electron chi connectivity index (χ2n) is 8.25. The fraction of sp³-hybridized carbons (Fsp3) is 0.480. The number of hydrogen-bond acceptors (Lipinski definition) is 7. The number of carbonyl (C=O) groups is 1. The van der Waals surface area contributed by atoms with Gasteiger partial charge in [-0.05, 0) is 44.0 Å². The highest BCUT2D eigenvalue weighted by Gasteiger charge is 2.55. The standard InChI is InChI=1S/C25H33N3O5/c1-4-32-14-8-13-28-24(16-11-12-19(33-5-2)20(15-16)31-3)21-22(26-27-23(21)25(28)30)17-9-6-7-10-18(17)29/h6-7,9-12,15,21-24,26-27,29H,4-5,8,13-14H2,1-3H3. The average Bonchev–Trinajstić information content (AvgIpc) is 3.36. The van der Waals surface area contributed by atoms with E-state index in [0.717, 1.165) is 17.5 Å². The Morgan fingerprint density at radius 3 is 2.55 bits per heavy atom. The van der Waals surface area contributed by atoms with Crippen LogP contribution < -0.4 is 20.3 Å². The summed E-state index contributed by atoms with van der Waals surface area (Å²) < 4.78 is 16.8. The molecule has 0 aromatic heterocycles. The zero-order valence-corrected chi connectivity index (χ0v) is 19.4. The zero-order valence-electron chi connectivity index (χ0n) is 19.4. The topological polar surface area (TPSA) is 92.3 Å². The van der Waals surface area contributed by atoms with Crippen molar-refractivity contribution in [2.24, 2.45) is 5.92 Å². The second-order valence-corrected chi connectivity index (χ2v) is 8.25. The van der Waals surface area contributed by atoms with Gasteiger partial charge in [-0.1, -0.05) is 24.3 Å². The van der Waals surface area contributed by atoms with Crippen molar-refractivity contribution < 1.29 is 24.1 Å². The van der Waals surface area contributed by atoms with Crippen LogP contribution in [0.2, 0.25) is 0 Å². The number of amides is 1. The van der Waals surface area contributed by atoms with Gasteiger partial charge in [-0.25, -0.2) is 10.9 Å². The lowest BCUT2D eigenvalue weighted by Crippen LogP contribution is -2.41. The van der Waals surface area contributed by atoms with Gasteiger partial charge in [0.25, 0.3) is 0 Å². The molecular weight excluding hydrogens is 422 g/mol. The molecule has 1 amide bonds. The number of nitrogens with one attached hydrogen (secondary N) is 2. The van der Waals surface area contributed by atoms with Crippen LogP contribution in [0.3, 0.4) is 0 Å². The van der Waals surface area contributed by atoms with Crippen LogP contribution in [-0.2, 0) is 9.53 Å². The van der Waals surface area contributed by atoms with Crippen molar-refractivity contribution in [2.75, 3.05) is 33.5 Å². The molecule has 0 spiro atoms. The molecule has 8 nitrogen and oxygen atoms in total. The van der Waals surface area contributed by atoms with Gasteiger partial charge in [0.1, 0.15) is 11.8 Å². The van der Waals surface area contributed by atoms with Crippen LogP contribution in [0.25, 0.3) is 0 Å². The number of nitrogens with zero attached hydrogens (tertiary/aromatic N) is 1. The third kappa shape index (κ3) is 4.51. The van der Waals surface area contributed by atoms with Gasteiger partial charge in [-0.3, -0.25) is 4.79 Å². The Balaban J connectivity index is 1.72. The first-order valence-electron chi connectivity index (χ1n) is 11.6. The Hall–Kier alpha value is -2.81. The van der Waals surface area contributed by atoms with Gasteiger partial charge in [-0.2, -0.15) is 0 Å². The third-order valence-electron chi connectivity index (χ3n) is 6.41. The smallest absolute Gasteiger partial charge is 0.242 e. The summed E-state index contributed by atoms with van der Waals surface area (Å²) in [6.45, 7) is 6.27. The quantitative estimate of drug-likeness (QED) is 0.475. The van der Waals surface area contributed by atoms with Crippen LogP contribution in [0.5, 0.6) is 17.2 Å². The monoisotopic (exact) mass is 455 g/mol. The Bertz CT molecular complexity index is 969. The lowest BCUT2D eigenvalue weighted by molar-refractivity contribution is -0.131. The van der Waals surface area contributed by atoms with E-state index >= 15 is 0 Å². The SMILES string of the molecule is CCOCCCN1C(=O)C2NNC(c3ccccc3O)C2C1c1ccc(OCC)c(OC)c1. The lowest BCUT2D eigenvalue weighted by Gasteiger charge is -2.32. The van der Waals surface area contributed by atoms with Crippen molar-refractivity contribution >= 4 is 5.91 Å². The number of phenolic OH excluding ortho intramolecular Hbond substituents is 1.